The molecule has 0 N–H and O–H groups in total. The number of esters is 1. The number of carboxylic acid groups (broad SMARTS) is 1. The molecule has 0 radical (unpaired) electrons. The molecule has 0 aliphatic heterocycles. The van der Waals surface area contributed by atoms with Crippen molar-refractivity contribution in [2.45, 2.75) is 174 Å². The molecule has 0 bridgehead atoms. The lowest BCUT2D eigenvalue weighted by Gasteiger charge is -2.30. The van der Waals surface area contributed by atoms with Crippen LogP contribution in [-0.4, -0.2) is 56.0 Å². The van der Waals surface area contributed by atoms with Gasteiger partial charge in [-0.1, -0.05) is 135 Å². The summed E-state index contributed by atoms with van der Waals surface area (Å²) in [5, 5.41) is 11.3. The molecular weight excluding hydrogens is 562 g/mol. The lowest BCUT2D eigenvalue weighted by molar-refractivity contribution is -0.873. The zero-order valence-corrected chi connectivity index (χ0v) is 30.1. The number of carbonyl (C=O) groups excluding carboxylic acids is 3. The third-order valence-corrected chi connectivity index (χ3v) is 8.32. The second kappa shape index (κ2) is 29.5. The predicted octanol–water partition coefficient (Wildman–Crippen LogP) is 9.05. The number of likely N-dealkylation sites (N-methyl/N-ethyl adjacent to an activating group) is 1. The second-order valence-electron chi connectivity index (χ2n) is 14.1. The van der Waals surface area contributed by atoms with Crippen LogP contribution in [0.4, 0.5) is 0 Å². The SMILES string of the molecule is CCCCCC/C=C\CCCCCCC(C(=O)/C=C/CCCCCCCCCCCCC)C(=O)OC(CC(=O)[O-])C[N+](C)(C)C. The number of carboxylic acids is 1. The van der Waals surface area contributed by atoms with Crippen LogP contribution in [0.5, 0.6) is 0 Å². The summed E-state index contributed by atoms with van der Waals surface area (Å²) in [6.45, 7) is 4.82. The maximum absolute atomic E-state index is 13.2. The summed E-state index contributed by atoms with van der Waals surface area (Å²) in [6, 6.07) is 0. The van der Waals surface area contributed by atoms with Gasteiger partial charge in [0.1, 0.15) is 12.5 Å². The lowest BCUT2D eigenvalue weighted by atomic mass is 9.95. The number of ether oxygens (including phenoxy) is 1. The van der Waals surface area contributed by atoms with Crippen LogP contribution >= 0.6 is 0 Å². The van der Waals surface area contributed by atoms with Crippen LogP contribution in [-0.2, 0) is 19.1 Å². The molecule has 0 spiro atoms. The summed E-state index contributed by atoms with van der Waals surface area (Å²) in [5.41, 5.74) is 0. The number of ketones is 1. The van der Waals surface area contributed by atoms with Gasteiger partial charge in [0.2, 0.25) is 0 Å². The van der Waals surface area contributed by atoms with Gasteiger partial charge in [-0.2, -0.15) is 0 Å². The zero-order valence-electron chi connectivity index (χ0n) is 30.1. The number of rotatable bonds is 32. The first-order valence-corrected chi connectivity index (χ1v) is 18.7. The van der Waals surface area contributed by atoms with E-state index in [0.717, 1.165) is 57.8 Å². The number of quaternary nitrogens is 1. The first kappa shape index (κ1) is 43.0. The molecule has 0 aliphatic rings. The molecule has 0 saturated heterocycles. The quantitative estimate of drug-likeness (QED) is 0.0184. The second-order valence-corrected chi connectivity index (χ2v) is 14.1. The van der Waals surface area contributed by atoms with Crippen molar-refractivity contribution in [1.82, 2.24) is 0 Å². The maximum atomic E-state index is 13.2. The van der Waals surface area contributed by atoms with E-state index in [2.05, 4.69) is 26.0 Å². The predicted molar refractivity (Wildman–Crippen MR) is 187 cm³/mol. The Kier molecular flexibility index (Phi) is 28.2. The van der Waals surface area contributed by atoms with Gasteiger partial charge in [0.15, 0.2) is 11.9 Å². The summed E-state index contributed by atoms with van der Waals surface area (Å²) in [5.74, 6) is -2.99. The molecule has 6 nitrogen and oxygen atoms in total. The molecule has 0 saturated carbocycles. The van der Waals surface area contributed by atoms with E-state index in [1.807, 2.05) is 27.2 Å². The number of nitrogens with zero attached hydrogens (tertiary/aromatic N) is 1. The Morgan fingerprint density at radius 1 is 0.622 bits per heavy atom. The summed E-state index contributed by atoms with van der Waals surface area (Å²) < 4.78 is 6.10. The molecule has 2 unspecified atom stereocenters. The molecule has 0 aromatic heterocycles. The summed E-state index contributed by atoms with van der Waals surface area (Å²) >= 11 is 0. The first-order valence-electron chi connectivity index (χ1n) is 18.7. The Hall–Kier alpha value is -1.95. The largest absolute Gasteiger partial charge is 0.550 e. The van der Waals surface area contributed by atoms with Crippen molar-refractivity contribution in [3.8, 4) is 0 Å². The molecule has 262 valence electrons. The van der Waals surface area contributed by atoms with E-state index in [9.17, 15) is 19.5 Å². The third-order valence-electron chi connectivity index (χ3n) is 8.32. The molecule has 0 fully saturated rings. The molecule has 2 atom stereocenters. The van der Waals surface area contributed by atoms with Gasteiger partial charge in [-0.25, -0.2) is 0 Å². The van der Waals surface area contributed by atoms with E-state index >= 15 is 0 Å². The number of hydrogen-bond donors (Lipinski definition) is 0. The van der Waals surface area contributed by atoms with Crippen molar-refractivity contribution < 1.29 is 28.7 Å². The van der Waals surface area contributed by atoms with Gasteiger partial charge in [0.25, 0.3) is 0 Å². The lowest BCUT2D eigenvalue weighted by Crippen LogP contribution is -2.46. The molecule has 0 amide bonds. The molecule has 0 rings (SSSR count). The van der Waals surface area contributed by atoms with E-state index in [0.29, 0.717) is 17.4 Å². The summed E-state index contributed by atoms with van der Waals surface area (Å²) in [4.78, 5) is 37.7. The van der Waals surface area contributed by atoms with Gasteiger partial charge in [-0.15, -0.1) is 0 Å². The first-order chi connectivity index (χ1) is 21.6. The van der Waals surface area contributed by atoms with E-state index < -0.39 is 24.0 Å². The molecule has 6 heteroatoms. The van der Waals surface area contributed by atoms with Crippen molar-refractivity contribution in [2.24, 2.45) is 5.92 Å². The van der Waals surface area contributed by atoms with Crippen molar-refractivity contribution in [3.63, 3.8) is 0 Å². The van der Waals surface area contributed by atoms with Gasteiger partial charge < -0.3 is 19.1 Å². The maximum Gasteiger partial charge on any atom is 0.317 e. The van der Waals surface area contributed by atoms with Gasteiger partial charge in [-0.3, -0.25) is 9.59 Å². The summed E-state index contributed by atoms with van der Waals surface area (Å²) in [6.07, 6.45) is 33.4. The Bertz CT molecular complexity index is 798. The number of allylic oxidation sites excluding steroid dienone is 4. The van der Waals surface area contributed by atoms with Crippen molar-refractivity contribution in [2.75, 3.05) is 27.7 Å². The highest BCUT2D eigenvalue weighted by atomic mass is 16.5. The van der Waals surface area contributed by atoms with Crippen LogP contribution in [0.2, 0.25) is 0 Å². The minimum Gasteiger partial charge on any atom is -0.550 e. The van der Waals surface area contributed by atoms with E-state index in [1.165, 1.54) is 83.5 Å². The topological polar surface area (TPSA) is 83.5 Å². The fourth-order valence-corrected chi connectivity index (χ4v) is 5.69. The van der Waals surface area contributed by atoms with Gasteiger partial charge >= 0.3 is 5.97 Å². The smallest absolute Gasteiger partial charge is 0.317 e. The van der Waals surface area contributed by atoms with Crippen molar-refractivity contribution >= 4 is 17.7 Å². The van der Waals surface area contributed by atoms with Crippen LogP contribution in [0.15, 0.2) is 24.3 Å². The average molecular weight is 634 g/mol. The fourth-order valence-electron chi connectivity index (χ4n) is 5.69. The molecule has 45 heavy (non-hydrogen) atoms. The fraction of sp³-hybridized carbons (Fsp3) is 0.821. The van der Waals surface area contributed by atoms with Crippen molar-refractivity contribution in [3.05, 3.63) is 24.3 Å². The number of unbranched alkanes of at least 4 members (excludes halogenated alkanes) is 19. The van der Waals surface area contributed by atoms with Gasteiger partial charge in [0.05, 0.1) is 21.1 Å². The summed E-state index contributed by atoms with van der Waals surface area (Å²) in [7, 11) is 5.74. The average Bonchev–Trinajstić information content (AvgIpc) is 2.96. The van der Waals surface area contributed by atoms with Crippen LogP contribution in [0.1, 0.15) is 168 Å². The van der Waals surface area contributed by atoms with Crippen LogP contribution in [0.3, 0.4) is 0 Å². The monoisotopic (exact) mass is 634 g/mol. The number of hydrogen-bond acceptors (Lipinski definition) is 5. The molecule has 0 aromatic carbocycles. The highest BCUT2D eigenvalue weighted by Crippen LogP contribution is 2.19. The third kappa shape index (κ3) is 29.2. The molecular formula is C39H71NO5. The van der Waals surface area contributed by atoms with Crippen molar-refractivity contribution in [1.29, 1.82) is 0 Å². The Balaban J connectivity index is 4.73. The minimum atomic E-state index is -1.26. The van der Waals surface area contributed by atoms with Gasteiger partial charge in [-0.05, 0) is 51.0 Å². The van der Waals surface area contributed by atoms with E-state index in [1.54, 1.807) is 6.08 Å². The van der Waals surface area contributed by atoms with E-state index in [4.69, 9.17) is 4.74 Å². The Morgan fingerprint density at radius 2 is 1.04 bits per heavy atom. The minimum absolute atomic E-state index is 0.230. The zero-order chi connectivity index (χ0) is 33.6. The number of carbonyl (C=O) groups is 3. The highest BCUT2D eigenvalue weighted by molar-refractivity contribution is 6.05. The normalized spacial score (nSPS) is 13.4. The van der Waals surface area contributed by atoms with Gasteiger partial charge in [0, 0.05) is 12.4 Å². The molecule has 0 heterocycles. The van der Waals surface area contributed by atoms with E-state index in [-0.39, 0.29) is 12.2 Å². The standard InChI is InChI=1S/C39H71NO5/c1-6-8-10-12-14-16-18-20-22-24-26-28-30-32-37(41)36(39(44)45-35(33-38(42)43)34-40(3,4)5)31-29-27-25-23-21-19-17-15-13-11-9-7-2/h17,19,30,32,35-36H,6-16,18,20-29,31,33-34H2,1-5H3/b19-17-,32-30+. The van der Waals surface area contributed by atoms with Crippen LogP contribution < -0.4 is 5.11 Å². The molecule has 0 aromatic rings. The molecule has 0 aliphatic carbocycles. The Morgan fingerprint density at radius 3 is 1.51 bits per heavy atom. The number of aliphatic carboxylic acids is 1. The van der Waals surface area contributed by atoms with Crippen LogP contribution in [0.25, 0.3) is 0 Å². The Labute approximate surface area is 278 Å². The highest BCUT2D eigenvalue weighted by Gasteiger charge is 2.30. The van der Waals surface area contributed by atoms with Crippen LogP contribution in [0, 0.1) is 5.92 Å².